The molecule has 28 heavy (non-hydrogen) atoms. The highest BCUT2D eigenvalue weighted by molar-refractivity contribution is 7.50. The summed E-state index contributed by atoms with van der Waals surface area (Å²) < 4.78 is 17.3. The van der Waals surface area contributed by atoms with E-state index < -0.39 is 7.60 Å². The van der Waals surface area contributed by atoms with Gasteiger partial charge in [0.25, 0.3) is 0 Å². The average Bonchev–Trinajstić information content (AvgIpc) is 2.63. The van der Waals surface area contributed by atoms with Crippen LogP contribution in [0.4, 0.5) is 5.69 Å². The molecular formula is C21H30NO5P. The highest BCUT2D eigenvalue weighted by atomic mass is 31.2. The highest BCUT2D eigenvalue weighted by Crippen LogP contribution is 2.41. The fraction of sp³-hybridized carbons (Fsp3) is 0.429. The van der Waals surface area contributed by atoms with Crippen LogP contribution in [-0.4, -0.2) is 9.79 Å². The molecule has 0 aromatic heterocycles. The summed E-state index contributed by atoms with van der Waals surface area (Å²) in [4.78, 5) is 29.4. The third-order valence-corrected chi connectivity index (χ3v) is 4.90. The average molecular weight is 407 g/mol. The summed E-state index contributed by atoms with van der Waals surface area (Å²) in [6.07, 6.45) is 0.370. The van der Waals surface area contributed by atoms with Gasteiger partial charge in [-0.2, -0.15) is 0 Å². The van der Waals surface area contributed by atoms with E-state index in [0.29, 0.717) is 29.2 Å². The van der Waals surface area contributed by atoms with E-state index in [1.54, 1.807) is 24.3 Å². The van der Waals surface area contributed by atoms with E-state index in [0.717, 1.165) is 16.7 Å². The van der Waals surface area contributed by atoms with E-state index in [2.05, 4.69) is 5.18 Å². The summed E-state index contributed by atoms with van der Waals surface area (Å²) in [7, 11) is -4.13. The van der Waals surface area contributed by atoms with Crippen LogP contribution in [0.5, 0.6) is 11.5 Å². The van der Waals surface area contributed by atoms with E-state index in [-0.39, 0.29) is 12.1 Å². The molecule has 0 radical (unpaired) electrons. The van der Waals surface area contributed by atoms with Crippen LogP contribution in [0.1, 0.15) is 62.8 Å². The molecule has 7 heteroatoms. The molecule has 2 aromatic rings. The molecule has 0 saturated heterocycles. The van der Waals surface area contributed by atoms with E-state index in [9.17, 15) is 19.3 Å². The highest BCUT2D eigenvalue weighted by Gasteiger charge is 2.18. The summed E-state index contributed by atoms with van der Waals surface area (Å²) in [6.45, 7) is 11.8. The number of ether oxygens (including phenoxy) is 1. The normalized spacial score (nSPS) is 11.0. The lowest BCUT2D eigenvalue weighted by Gasteiger charge is -2.17. The van der Waals surface area contributed by atoms with Crippen LogP contribution >= 0.6 is 7.60 Å². The third-order valence-electron chi connectivity index (χ3n) is 4.12. The quantitative estimate of drug-likeness (QED) is 0.399. The molecule has 154 valence electrons. The number of benzene rings is 2. The molecule has 0 amide bonds. The topological polar surface area (TPSA) is 96.2 Å². The summed E-state index contributed by atoms with van der Waals surface area (Å²) in [5, 5.41) is 3.06. The third kappa shape index (κ3) is 6.55. The van der Waals surface area contributed by atoms with Gasteiger partial charge in [0.1, 0.15) is 17.2 Å². The molecule has 6 nitrogen and oxygen atoms in total. The fourth-order valence-corrected chi connectivity index (χ4v) is 3.58. The van der Waals surface area contributed by atoms with Crippen LogP contribution in [-0.2, 0) is 17.1 Å². The maximum atomic E-state index is 11.3. The standard InChI is InChI=1S/C19H24NO5P.C2H6/c1-5-15-9-14(11-26(22,23)24)8-13(4)19(15)25-16-6-7-18(20-21)17(10-16)12(2)3;1-2/h6-10,12H,5,11H2,1-4H3,(H2,22,23,24);1-2H3. The second-order valence-corrected chi connectivity index (χ2v) is 8.29. The zero-order chi connectivity index (χ0) is 21.5. The molecule has 0 bridgehead atoms. The Morgan fingerprint density at radius 3 is 2.29 bits per heavy atom. The van der Waals surface area contributed by atoms with Crippen molar-refractivity contribution in [3.8, 4) is 11.5 Å². The van der Waals surface area contributed by atoms with Crippen molar-refractivity contribution in [1.29, 1.82) is 0 Å². The van der Waals surface area contributed by atoms with E-state index >= 15 is 0 Å². The minimum absolute atomic E-state index is 0.128. The molecule has 2 aromatic carbocycles. The second-order valence-electron chi connectivity index (χ2n) is 6.65. The molecule has 0 heterocycles. The maximum Gasteiger partial charge on any atom is 0.329 e. The molecule has 0 aliphatic carbocycles. The molecule has 0 aliphatic rings. The number of rotatable bonds is 7. The Balaban J connectivity index is 0.00000190. The fourth-order valence-electron chi connectivity index (χ4n) is 2.93. The van der Waals surface area contributed by atoms with Gasteiger partial charge in [0, 0.05) is 0 Å². The number of hydrogen-bond acceptors (Lipinski definition) is 4. The van der Waals surface area contributed by atoms with E-state index in [4.69, 9.17) is 4.74 Å². The van der Waals surface area contributed by atoms with Gasteiger partial charge in [-0.15, -0.1) is 4.91 Å². The smallest absolute Gasteiger partial charge is 0.329 e. The van der Waals surface area contributed by atoms with E-state index in [1.165, 1.54) is 0 Å². The lowest BCUT2D eigenvalue weighted by molar-refractivity contribution is 0.371. The molecule has 0 saturated carbocycles. The van der Waals surface area contributed by atoms with Gasteiger partial charge in [0.2, 0.25) is 0 Å². The van der Waals surface area contributed by atoms with Crippen molar-refractivity contribution in [2.75, 3.05) is 0 Å². The number of hydrogen-bond donors (Lipinski definition) is 2. The first-order valence-electron chi connectivity index (χ1n) is 9.46. The Kier molecular flexibility index (Phi) is 9.02. The first-order valence-corrected chi connectivity index (χ1v) is 11.3. The molecule has 0 unspecified atom stereocenters. The van der Waals surface area contributed by atoms with Gasteiger partial charge < -0.3 is 14.5 Å². The Morgan fingerprint density at radius 1 is 1.14 bits per heavy atom. The summed E-state index contributed by atoms with van der Waals surface area (Å²) >= 11 is 0. The van der Waals surface area contributed by atoms with Crippen LogP contribution in [0.3, 0.4) is 0 Å². The van der Waals surface area contributed by atoms with Gasteiger partial charge in [0.05, 0.1) is 6.16 Å². The van der Waals surface area contributed by atoms with Crippen molar-refractivity contribution in [2.24, 2.45) is 5.18 Å². The van der Waals surface area contributed by atoms with Gasteiger partial charge in [-0.05, 0) is 64.9 Å². The molecule has 0 fully saturated rings. The molecular weight excluding hydrogens is 377 g/mol. The largest absolute Gasteiger partial charge is 0.457 e. The molecule has 0 spiro atoms. The van der Waals surface area contributed by atoms with Gasteiger partial charge in [-0.3, -0.25) is 4.57 Å². The molecule has 2 N–H and O–H groups in total. The zero-order valence-electron chi connectivity index (χ0n) is 17.4. The van der Waals surface area contributed by atoms with Crippen LogP contribution in [0.15, 0.2) is 35.5 Å². The number of nitroso groups, excluding NO2 is 1. The lowest BCUT2D eigenvalue weighted by Crippen LogP contribution is -1.98. The second kappa shape index (κ2) is 10.5. The Bertz CT molecular complexity index is 858. The monoisotopic (exact) mass is 407 g/mol. The predicted molar refractivity (Wildman–Crippen MR) is 114 cm³/mol. The van der Waals surface area contributed by atoms with Crippen LogP contribution in [0.25, 0.3) is 0 Å². The van der Waals surface area contributed by atoms with Gasteiger partial charge in [0.15, 0.2) is 0 Å². The summed E-state index contributed by atoms with van der Waals surface area (Å²) in [5.74, 6) is 1.40. The van der Waals surface area contributed by atoms with Crippen molar-refractivity contribution in [2.45, 2.75) is 60.0 Å². The van der Waals surface area contributed by atoms with Crippen LogP contribution < -0.4 is 4.74 Å². The minimum Gasteiger partial charge on any atom is -0.457 e. The first kappa shape index (κ1) is 24.0. The van der Waals surface area contributed by atoms with Crippen LogP contribution in [0.2, 0.25) is 0 Å². The van der Waals surface area contributed by atoms with Crippen LogP contribution in [0, 0.1) is 11.8 Å². The van der Waals surface area contributed by atoms with Crippen molar-refractivity contribution in [3.63, 3.8) is 0 Å². The summed E-state index contributed by atoms with van der Waals surface area (Å²) in [6, 6.07) is 8.65. The van der Waals surface area contributed by atoms with Crippen molar-refractivity contribution in [1.82, 2.24) is 0 Å². The van der Waals surface area contributed by atoms with Gasteiger partial charge in [-0.25, -0.2) is 0 Å². The lowest BCUT2D eigenvalue weighted by atomic mass is 10.0. The zero-order valence-corrected chi connectivity index (χ0v) is 18.3. The van der Waals surface area contributed by atoms with Gasteiger partial charge in [-0.1, -0.05) is 46.8 Å². The Hall–Kier alpha value is -2.01. The Labute approximate surface area is 167 Å². The van der Waals surface area contributed by atoms with Crippen molar-refractivity contribution >= 4 is 13.3 Å². The first-order chi connectivity index (χ1) is 13.1. The molecule has 0 atom stereocenters. The van der Waals surface area contributed by atoms with Crippen molar-refractivity contribution in [3.05, 3.63) is 57.5 Å². The SMILES string of the molecule is CC.CCc1cc(CP(=O)(O)O)cc(C)c1Oc1ccc(N=O)c(C(C)C)c1. The number of aryl methyl sites for hydroxylation is 2. The maximum absolute atomic E-state index is 11.3. The summed E-state index contributed by atoms with van der Waals surface area (Å²) in [5.41, 5.74) is 3.47. The number of nitrogens with zero attached hydrogens (tertiary/aromatic N) is 1. The molecule has 2 rings (SSSR count). The molecule has 0 aliphatic heterocycles. The predicted octanol–water partition coefficient (Wildman–Crippen LogP) is 6.57. The van der Waals surface area contributed by atoms with Crippen molar-refractivity contribution < 1.29 is 19.1 Å². The van der Waals surface area contributed by atoms with E-state index in [1.807, 2.05) is 47.6 Å². The Morgan fingerprint density at radius 2 is 1.79 bits per heavy atom. The minimum atomic E-state index is -4.13. The van der Waals surface area contributed by atoms with Gasteiger partial charge >= 0.3 is 7.60 Å².